The van der Waals surface area contributed by atoms with Crippen molar-refractivity contribution in [2.24, 2.45) is 4.99 Å². The summed E-state index contributed by atoms with van der Waals surface area (Å²) >= 11 is 0. The molecule has 0 amide bonds. The summed E-state index contributed by atoms with van der Waals surface area (Å²) in [6.45, 7) is 8.66. The van der Waals surface area contributed by atoms with Crippen LogP contribution in [0.15, 0.2) is 77.8 Å². The minimum atomic E-state index is 0. The summed E-state index contributed by atoms with van der Waals surface area (Å²) in [4.78, 5) is 6.86. The number of aliphatic imine (C=N–C) groups is 1. The number of benzene rings is 3. The third-order valence-electron chi connectivity index (χ3n) is 5.82. The molecule has 0 saturated carbocycles. The van der Waals surface area contributed by atoms with Crippen LogP contribution in [0.5, 0.6) is 0 Å². The van der Waals surface area contributed by atoms with Crippen molar-refractivity contribution < 1.29 is 0 Å². The molecule has 0 fully saturated rings. The highest BCUT2D eigenvalue weighted by molar-refractivity contribution is 5.86. The lowest BCUT2D eigenvalue weighted by Gasteiger charge is -2.29. The van der Waals surface area contributed by atoms with Crippen LogP contribution in [-0.4, -0.2) is 19.4 Å². The second kappa shape index (κ2) is 9.28. The van der Waals surface area contributed by atoms with E-state index in [-0.39, 0.29) is 12.4 Å². The predicted octanol–water partition coefficient (Wildman–Crippen LogP) is 6.57. The van der Waals surface area contributed by atoms with Crippen LogP contribution >= 0.6 is 12.4 Å². The fraction of sp³-hybridized carbons (Fsp3) is 0.269. The molecular formula is C26H29ClN2. The first-order chi connectivity index (χ1) is 13.6. The molecule has 3 heteroatoms. The van der Waals surface area contributed by atoms with Gasteiger partial charge >= 0.3 is 0 Å². The molecule has 1 aliphatic heterocycles. The summed E-state index contributed by atoms with van der Waals surface area (Å²) < 4.78 is 0. The highest BCUT2D eigenvalue weighted by atomic mass is 35.5. The maximum absolute atomic E-state index is 4.51. The van der Waals surface area contributed by atoms with Gasteiger partial charge in [0.05, 0.1) is 12.9 Å². The Bertz CT molecular complexity index is 900. The van der Waals surface area contributed by atoms with Gasteiger partial charge in [0.25, 0.3) is 0 Å². The van der Waals surface area contributed by atoms with Crippen molar-refractivity contribution in [2.45, 2.75) is 32.6 Å². The third kappa shape index (κ3) is 4.38. The molecule has 2 nitrogen and oxygen atoms in total. The molecular weight excluding hydrogens is 376 g/mol. The van der Waals surface area contributed by atoms with Gasteiger partial charge in [-0.2, -0.15) is 0 Å². The summed E-state index contributed by atoms with van der Waals surface area (Å²) in [7, 11) is 0. The average Bonchev–Trinajstić information content (AvgIpc) is 3.27. The largest absolute Gasteiger partial charge is 0.330 e. The number of nitrogens with zero attached hydrogens (tertiary/aromatic N) is 2. The van der Waals surface area contributed by atoms with Crippen molar-refractivity contribution in [2.75, 3.05) is 18.0 Å². The van der Waals surface area contributed by atoms with Gasteiger partial charge in [0.1, 0.15) is 0 Å². The molecule has 3 aromatic carbocycles. The van der Waals surface area contributed by atoms with Gasteiger partial charge in [-0.05, 0) is 29.2 Å². The molecule has 4 rings (SSSR count). The van der Waals surface area contributed by atoms with E-state index in [1.165, 1.54) is 33.5 Å². The number of halogens is 1. The zero-order valence-electron chi connectivity index (χ0n) is 17.4. The highest BCUT2D eigenvalue weighted by Gasteiger charge is 2.25. The molecule has 2 unspecified atom stereocenters. The molecule has 0 bridgehead atoms. The Hall–Kier alpha value is -2.58. The molecule has 0 aromatic heterocycles. The van der Waals surface area contributed by atoms with E-state index in [0.29, 0.717) is 11.8 Å². The minimum Gasteiger partial charge on any atom is -0.330 e. The Morgan fingerprint density at radius 2 is 1.28 bits per heavy atom. The molecule has 1 heterocycles. The molecule has 0 saturated heterocycles. The Labute approximate surface area is 180 Å². The van der Waals surface area contributed by atoms with E-state index in [1.807, 2.05) is 6.34 Å². The number of anilines is 1. The van der Waals surface area contributed by atoms with Crippen molar-refractivity contribution in [3.05, 3.63) is 101 Å². The van der Waals surface area contributed by atoms with Gasteiger partial charge in [-0.25, -0.2) is 0 Å². The summed E-state index contributed by atoms with van der Waals surface area (Å²) in [5, 5.41) is 0. The van der Waals surface area contributed by atoms with Crippen LogP contribution in [0.1, 0.15) is 53.5 Å². The van der Waals surface area contributed by atoms with Crippen LogP contribution in [0.3, 0.4) is 0 Å². The number of hydrogen-bond donors (Lipinski definition) is 0. The molecule has 0 radical (unpaired) electrons. The summed E-state index contributed by atoms with van der Waals surface area (Å²) in [5.41, 5.74) is 8.12. The molecule has 150 valence electrons. The standard InChI is InChI=1S/C26H28N2.ClH/c1-19-16-24(20(2)22-10-6-4-7-11-22)26(28-15-14-27-18-28)25(17-19)21(3)23-12-8-5-9-13-23;/h4-13,16-18,20-21H,14-15H2,1-3H3;1H. The molecule has 1 aliphatic rings. The maximum Gasteiger partial charge on any atom is 0.0895 e. The van der Waals surface area contributed by atoms with Crippen LogP contribution in [0.4, 0.5) is 5.69 Å². The lowest BCUT2D eigenvalue weighted by molar-refractivity contribution is 0.868. The quantitative estimate of drug-likeness (QED) is 0.469. The SMILES string of the molecule is Cc1cc(C(C)c2ccccc2)c(N2C=NCC2)c(C(C)c2ccccc2)c1.Cl. The van der Waals surface area contributed by atoms with E-state index in [4.69, 9.17) is 0 Å². The Morgan fingerprint density at radius 3 is 1.69 bits per heavy atom. The fourth-order valence-corrected chi connectivity index (χ4v) is 4.22. The monoisotopic (exact) mass is 404 g/mol. The first-order valence-corrected chi connectivity index (χ1v) is 10.2. The van der Waals surface area contributed by atoms with Crippen LogP contribution in [0.2, 0.25) is 0 Å². The molecule has 0 N–H and O–H groups in total. The van der Waals surface area contributed by atoms with Gasteiger partial charge in [-0.3, -0.25) is 4.99 Å². The van der Waals surface area contributed by atoms with E-state index in [2.05, 4.69) is 103 Å². The normalized spacial score (nSPS) is 15.1. The second-order valence-electron chi connectivity index (χ2n) is 7.77. The van der Waals surface area contributed by atoms with Crippen molar-refractivity contribution in [1.29, 1.82) is 0 Å². The van der Waals surface area contributed by atoms with Crippen molar-refractivity contribution in [3.63, 3.8) is 0 Å². The van der Waals surface area contributed by atoms with E-state index in [1.54, 1.807) is 0 Å². The number of hydrogen-bond acceptors (Lipinski definition) is 2. The van der Waals surface area contributed by atoms with Crippen LogP contribution in [0, 0.1) is 6.92 Å². The summed E-state index contributed by atoms with van der Waals surface area (Å²) in [6.07, 6.45) is 2.02. The maximum atomic E-state index is 4.51. The summed E-state index contributed by atoms with van der Waals surface area (Å²) in [5.74, 6) is 0.652. The van der Waals surface area contributed by atoms with Crippen molar-refractivity contribution in [3.8, 4) is 0 Å². The van der Waals surface area contributed by atoms with Gasteiger partial charge in [0, 0.05) is 24.1 Å². The minimum absolute atomic E-state index is 0. The van der Waals surface area contributed by atoms with E-state index in [9.17, 15) is 0 Å². The van der Waals surface area contributed by atoms with Crippen LogP contribution < -0.4 is 4.90 Å². The molecule has 3 aromatic rings. The molecule has 0 spiro atoms. The Morgan fingerprint density at radius 1 is 0.793 bits per heavy atom. The van der Waals surface area contributed by atoms with Crippen molar-refractivity contribution in [1.82, 2.24) is 0 Å². The predicted molar refractivity (Wildman–Crippen MR) is 127 cm³/mol. The average molecular weight is 405 g/mol. The lowest BCUT2D eigenvalue weighted by atomic mass is 9.83. The molecule has 0 aliphatic carbocycles. The van der Waals surface area contributed by atoms with E-state index in [0.717, 1.165) is 13.1 Å². The zero-order chi connectivity index (χ0) is 19.5. The molecule has 29 heavy (non-hydrogen) atoms. The van der Waals surface area contributed by atoms with E-state index >= 15 is 0 Å². The third-order valence-corrected chi connectivity index (χ3v) is 5.82. The smallest absolute Gasteiger partial charge is 0.0895 e. The van der Waals surface area contributed by atoms with E-state index < -0.39 is 0 Å². The molecule has 2 atom stereocenters. The zero-order valence-corrected chi connectivity index (χ0v) is 18.2. The first-order valence-electron chi connectivity index (χ1n) is 10.2. The fourth-order valence-electron chi connectivity index (χ4n) is 4.22. The topological polar surface area (TPSA) is 15.6 Å². The number of aryl methyl sites for hydroxylation is 1. The number of rotatable bonds is 5. The van der Waals surface area contributed by atoms with Gasteiger partial charge in [0.2, 0.25) is 0 Å². The van der Waals surface area contributed by atoms with Gasteiger partial charge in [-0.1, -0.05) is 92.2 Å². The van der Waals surface area contributed by atoms with Crippen LogP contribution in [0.25, 0.3) is 0 Å². The Kier molecular flexibility index (Phi) is 6.76. The summed E-state index contributed by atoms with van der Waals surface area (Å²) in [6, 6.07) is 26.3. The highest BCUT2D eigenvalue weighted by Crippen LogP contribution is 2.41. The van der Waals surface area contributed by atoms with Gasteiger partial charge < -0.3 is 4.90 Å². The first kappa shape index (κ1) is 21.1. The van der Waals surface area contributed by atoms with Crippen molar-refractivity contribution >= 4 is 24.4 Å². The Balaban J connectivity index is 0.00000240. The van der Waals surface area contributed by atoms with Gasteiger partial charge in [-0.15, -0.1) is 12.4 Å². The van der Waals surface area contributed by atoms with Gasteiger partial charge in [0.15, 0.2) is 0 Å². The lowest BCUT2D eigenvalue weighted by Crippen LogP contribution is -2.23. The second-order valence-corrected chi connectivity index (χ2v) is 7.77. The van der Waals surface area contributed by atoms with Crippen LogP contribution in [-0.2, 0) is 0 Å².